The molecule has 1 unspecified atom stereocenters. The van der Waals surface area contributed by atoms with Crippen LogP contribution in [0.5, 0.6) is 0 Å². The molecule has 1 fully saturated rings. The van der Waals surface area contributed by atoms with E-state index in [1.165, 1.54) is 0 Å². The first-order chi connectivity index (χ1) is 12.4. The Morgan fingerprint density at radius 1 is 1.08 bits per heavy atom. The van der Waals surface area contributed by atoms with Gasteiger partial charge in [-0.05, 0) is 19.9 Å². The topological polar surface area (TPSA) is 75.6 Å². The number of nitrogens with one attached hydrogen (secondary N) is 1. The van der Waals surface area contributed by atoms with E-state index in [4.69, 9.17) is 4.74 Å². The van der Waals surface area contributed by atoms with Crippen LogP contribution < -0.4 is 5.32 Å². The molecule has 2 aliphatic heterocycles. The molecule has 2 aromatic carbocycles. The second-order valence-electron chi connectivity index (χ2n) is 7.68. The average Bonchev–Trinajstić information content (AvgIpc) is 2.63. The Kier molecular flexibility index (Phi) is 3.04. The predicted molar refractivity (Wildman–Crippen MR) is 95.7 cm³/mol. The maximum atomic E-state index is 13.2. The molecule has 2 N–H and O–H groups in total. The molecule has 1 saturated heterocycles. The molecule has 5 heteroatoms. The van der Waals surface area contributed by atoms with Crippen molar-refractivity contribution in [3.8, 4) is 0 Å². The van der Waals surface area contributed by atoms with Crippen molar-refractivity contribution in [2.24, 2.45) is 0 Å². The molecule has 2 bridgehead atoms. The number of benzene rings is 2. The number of rotatable bonds is 0. The van der Waals surface area contributed by atoms with Crippen molar-refractivity contribution in [1.29, 1.82) is 0 Å². The van der Waals surface area contributed by atoms with E-state index in [1.807, 2.05) is 19.9 Å². The van der Waals surface area contributed by atoms with E-state index in [0.717, 1.165) is 5.56 Å². The van der Waals surface area contributed by atoms with Crippen molar-refractivity contribution in [2.45, 2.75) is 44.1 Å². The van der Waals surface area contributed by atoms with Gasteiger partial charge in [-0.25, -0.2) is 0 Å². The number of carbonyl (C=O) groups is 2. The average molecular weight is 349 g/mol. The molecule has 4 atom stereocenters. The van der Waals surface area contributed by atoms with E-state index in [9.17, 15) is 14.7 Å². The van der Waals surface area contributed by atoms with Crippen molar-refractivity contribution in [1.82, 2.24) is 0 Å². The van der Waals surface area contributed by atoms with Gasteiger partial charge in [-0.2, -0.15) is 0 Å². The summed E-state index contributed by atoms with van der Waals surface area (Å²) < 4.78 is 6.00. The zero-order valence-corrected chi connectivity index (χ0v) is 14.6. The number of carbonyl (C=O) groups excluding carboxylic acids is 2. The maximum absolute atomic E-state index is 13.2. The number of aliphatic hydroxyl groups is 1. The van der Waals surface area contributed by atoms with Gasteiger partial charge in [0.2, 0.25) is 0 Å². The Hall–Kier alpha value is -2.50. The minimum atomic E-state index is -0.704. The molecule has 0 amide bonds. The summed E-state index contributed by atoms with van der Waals surface area (Å²) in [4.78, 5) is 26.1. The summed E-state index contributed by atoms with van der Waals surface area (Å²) in [5.74, 6) is -0.304. The van der Waals surface area contributed by atoms with Crippen LogP contribution >= 0.6 is 0 Å². The summed E-state index contributed by atoms with van der Waals surface area (Å²) in [5, 5.41) is 14.0. The zero-order chi connectivity index (χ0) is 18.2. The number of ether oxygens (including phenoxy) is 1. The van der Waals surface area contributed by atoms with Gasteiger partial charge in [0.25, 0.3) is 0 Å². The van der Waals surface area contributed by atoms with Gasteiger partial charge in [-0.1, -0.05) is 30.3 Å². The first-order valence-electron chi connectivity index (χ1n) is 8.88. The molecule has 26 heavy (non-hydrogen) atoms. The molecule has 5 rings (SSSR count). The third-order valence-corrected chi connectivity index (χ3v) is 5.97. The van der Waals surface area contributed by atoms with E-state index in [1.54, 1.807) is 30.3 Å². The van der Waals surface area contributed by atoms with E-state index in [0.29, 0.717) is 34.4 Å². The van der Waals surface area contributed by atoms with Crippen molar-refractivity contribution >= 4 is 17.3 Å². The third kappa shape index (κ3) is 1.87. The van der Waals surface area contributed by atoms with Gasteiger partial charge >= 0.3 is 0 Å². The van der Waals surface area contributed by atoms with E-state index < -0.39 is 11.6 Å². The Morgan fingerprint density at radius 2 is 1.77 bits per heavy atom. The number of fused-ring (bicyclic) bond motifs is 7. The van der Waals surface area contributed by atoms with Crippen molar-refractivity contribution in [3.63, 3.8) is 0 Å². The van der Waals surface area contributed by atoms with Crippen LogP contribution in [0.25, 0.3) is 0 Å². The van der Waals surface area contributed by atoms with Gasteiger partial charge in [0.15, 0.2) is 11.6 Å². The lowest BCUT2D eigenvalue weighted by atomic mass is 9.74. The fourth-order valence-electron chi connectivity index (χ4n) is 4.61. The number of anilines is 1. The summed E-state index contributed by atoms with van der Waals surface area (Å²) in [6, 6.07) is 10.5. The Labute approximate surface area is 151 Å². The summed E-state index contributed by atoms with van der Waals surface area (Å²) in [7, 11) is 0. The van der Waals surface area contributed by atoms with Crippen LogP contribution in [0.4, 0.5) is 5.69 Å². The third-order valence-electron chi connectivity index (χ3n) is 5.97. The lowest BCUT2D eigenvalue weighted by molar-refractivity contribution is -0.142. The summed E-state index contributed by atoms with van der Waals surface area (Å²) in [6.45, 7) is 3.79. The molecule has 1 aliphatic carbocycles. The molecule has 3 aliphatic rings. The first-order valence-corrected chi connectivity index (χ1v) is 8.88. The van der Waals surface area contributed by atoms with Crippen molar-refractivity contribution in [3.05, 3.63) is 64.2 Å². The molecule has 2 heterocycles. The van der Waals surface area contributed by atoms with E-state index >= 15 is 0 Å². The largest absolute Gasteiger partial charge is 0.388 e. The van der Waals surface area contributed by atoms with Crippen LogP contribution in [0.15, 0.2) is 36.4 Å². The minimum absolute atomic E-state index is 0.143. The molecule has 0 saturated carbocycles. The van der Waals surface area contributed by atoms with Gasteiger partial charge in [-0.3, -0.25) is 9.59 Å². The highest BCUT2D eigenvalue weighted by molar-refractivity contribution is 6.30. The summed E-state index contributed by atoms with van der Waals surface area (Å²) in [6.07, 6.45) is -0.610. The molecule has 0 spiro atoms. The smallest absolute Gasteiger partial charge is 0.196 e. The van der Waals surface area contributed by atoms with Gasteiger partial charge in [-0.15, -0.1) is 0 Å². The predicted octanol–water partition coefficient (Wildman–Crippen LogP) is 2.86. The molecule has 2 aromatic rings. The second kappa shape index (κ2) is 5.02. The maximum Gasteiger partial charge on any atom is 0.196 e. The van der Waals surface area contributed by atoms with Crippen LogP contribution in [-0.2, 0) is 4.74 Å². The molecular formula is C21H19NO4. The fraction of sp³-hybridized carbons (Fsp3) is 0.333. The van der Waals surface area contributed by atoms with Gasteiger partial charge in [0.05, 0.1) is 29.0 Å². The molecule has 132 valence electrons. The quantitative estimate of drug-likeness (QED) is 0.653. The van der Waals surface area contributed by atoms with Crippen LogP contribution in [-0.4, -0.2) is 34.4 Å². The highest BCUT2D eigenvalue weighted by Gasteiger charge is 2.50. The Bertz CT molecular complexity index is 982. The molecule has 0 aromatic heterocycles. The SMILES string of the molecule is C[C@H]1O[C@@H]2C[C@@](C)(Nc3c2ccc2c3C(=O)c3ccccc3C2=O)C1O. The first kappa shape index (κ1) is 15.7. The van der Waals surface area contributed by atoms with E-state index in [2.05, 4.69) is 5.32 Å². The highest BCUT2D eigenvalue weighted by Crippen LogP contribution is 2.49. The lowest BCUT2D eigenvalue weighted by Crippen LogP contribution is -2.59. The van der Waals surface area contributed by atoms with Crippen LogP contribution in [0.3, 0.4) is 0 Å². The van der Waals surface area contributed by atoms with Crippen molar-refractivity contribution in [2.75, 3.05) is 5.32 Å². The second-order valence-corrected chi connectivity index (χ2v) is 7.68. The number of hydrogen-bond donors (Lipinski definition) is 2. The monoisotopic (exact) mass is 349 g/mol. The number of aliphatic hydroxyl groups excluding tert-OH is 1. The van der Waals surface area contributed by atoms with Crippen molar-refractivity contribution < 1.29 is 19.4 Å². The standard InChI is InChI=1S/C21H19NO4/c1-10-20(25)21(2)9-15(26-10)13-7-8-14-16(17(13)22-21)19(24)12-6-4-3-5-11(12)18(14)23/h3-8,10,15,20,22,25H,9H2,1-2H3/t10-,15-,20?,21-/m1/s1. The zero-order valence-electron chi connectivity index (χ0n) is 14.6. The lowest BCUT2D eigenvalue weighted by Gasteiger charge is -2.51. The minimum Gasteiger partial charge on any atom is -0.388 e. The van der Waals surface area contributed by atoms with Crippen LogP contribution in [0.1, 0.15) is 63.8 Å². The van der Waals surface area contributed by atoms with Crippen LogP contribution in [0.2, 0.25) is 0 Å². The highest BCUT2D eigenvalue weighted by atomic mass is 16.5. The normalized spacial score (nSPS) is 31.6. The fourth-order valence-corrected chi connectivity index (χ4v) is 4.61. The molecular weight excluding hydrogens is 330 g/mol. The molecule has 5 nitrogen and oxygen atoms in total. The van der Waals surface area contributed by atoms with E-state index in [-0.39, 0.29) is 23.8 Å². The molecule has 0 radical (unpaired) electrons. The number of hydrogen-bond acceptors (Lipinski definition) is 5. The number of ketones is 2. The van der Waals surface area contributed by atoms with Crippen LogP contribution in [0, 0.1) is 0 Å². The Balaban J connectivity index is 1.75. The van der Waals surface area contributed by atoms with Gasteiger partial charge < -0.3 is 15.2 Å². The summed E-state index contributed by atoms with van der Waals surface area (Å²) in [5.41, 5.74) is 2.57. The van der Waals surface area contributed by atoms with Gasteiger partial charge in [0, 0.05) is 28.7 Å². The Morgan fingerprint density at radius 3 is 2.50 bits per heavy atom. The van der Waals surface area contributed by atoms with Gasteiger partial charge in [0.1, 0.15) is 6.10 Å². The summed E-state index contributed by atoms with van der Waals surface area (Å²) >= 11 is 0.